The molecule has 0 spiro atoms. The zero-order valence-electron chi connectivity index (χ0n) is 17.5. The zero-order valence-corrected chi connectivity index (χ0v) is 19.1. The van der Waals surface area contributed by atoms with E-state index in [1.54, 1.807) is 11.1 Å². The van der Waals surface area contributed by atoms with E-state index in [0.29, 0.717) is 37.2 Å². The number of halogens is 1. The minimum Gasteiger partial charge on any atom is -0.378 e. The summed E-state index contributed by atoms with van der Waals surface area (Å²) in [5.74, 6) is 0.516. The molecule has 10 heteroatoms. The van der Waals surface area contributed by atoms with Crippen molar-refractivity contribution in [3.8, 4) is 0 Å². The van der Waals surface area contributed by atoms with Crippen LogP contribution in [0.25, 0.3) is 0 Å². The fourth-order valence-corrected chi connectivity index (χ4v) is 4.11. The molecule has 2 aromatic rings. The van der Waals surface area contributed by atoms with Gasteiger partial charge in [-0.15, -0.1) is 0 Å². The molecule has 9 nitrogen and oxygen atoms in total. The van der Waals surface area contributed by atoms with Crippen LogP contribution in [-0.2, 0) is 14.3 Å². The fourth-order valence-electron chi connectivity index (χ4n) is 3.72. The van der Waals surface area contributed by atoms with E-state index >= 15 is 0 Å². The van der Waals surface area contributed by atoms with Gasteiger partial charge in [-0.1, -0.05) is 22.0 Å². The molecule has 3 heterocycles. The number of rotatable bonds is 5. The molecule has 1 atom stereocenters. The van der Waals surface area contributed by atoms with E-state index in [2.05, 4.69) is 36.1 Å². The topological polar surface area (TPSA) is 90.9 Å². The lowest BCUT2D eigenvalue weighted by Gasteiger charge is -2.28. The van der Waals surface area contributed by atoms with Gasteiger partial charge in [-0.05, 0) is 18.2 Å². The van der Waals surface area contributed by atoms with Crippen LogP contribution in [0.3, 0.4) is 0 Å². The normalized spacial score (nSPS) is 18.9. The predicted molar refractivity (Wildman–Crippen MR) is 123 cm³/mol. The van der Waals surface area contributed by atoms with E-state index in [0.717, 1.165) is 23.2 Å². The maximum absolute atomic E-state index is 13.0. The van der Waals surface area contributed by atoms with Gasteiger partial charge in [0.15, 0.2) is 5.82 Å². The van der Waals surface area contributed by atoms with Crippen molar-refractivity contribution >= 4 is 50.9 Å². The fraction of sp³-hybridized carbons (Fsp3) is 0.429. The number of carbonyl (C=O) groups excluding carboxylic acids is 2. The summed E-state index contributed by atoms with van der Waals surface area (Å²) < 4.78 is 6.28. The SMILES string of the molecule is CN(C)c1nc(N2CCOCC2)ncc1NC(=O)C1CC(=O)N(c2cccc(Br)c2)C1. The van der Waals surface area contributed by atoms with Crippen molar-refractivity contribution < 1.29 is 14.3 Å². The van der Waals surface area contributed by atoms with E-state index in [1.807, 2.05) is 43.3 Å². The van der Waals surface area contributed by atoms with Crippen LogP contribution < -0.4 is 20.0 Å². The zero-order chi connectivity index (χ0) is 22.0. The molecule has 0 radical (unpaired) electrons. The number of hydrogen-bond donors (Lipinski definition) is 1. The molecule has 0 aliphatic carbocycles. The van der Waals surface area contributed by atoms with Crippen LogP contribution >= 0.6 is 15.9 Å². The van der Waals surface area contributed by atoms with E-state index in [-0.39, 0.29) is 18.2 Å². The second-order valence-corrected chi connectivity index (χ2v) is 8.69. The molecule has 1 aromatic carbocycles. The van der Waals surface area contributed by atoms with Gasteiger partial charge in [-0.25, -0.2) is 4.98 Å². The van der Waals surface area contributed by atoms with Gasteiger partial charge < -0.3 is 24.8 Å². The standard InChI is InChI=1S/C21H25BrN6O3/c1-26(2)19-17(12-23-21(25-19)27-6-8-31-9-7-27)24-20(30)14-10-18(29)28(13-14)16-5-3-4-15(22)11-16/h3-5,11-12,14H,6-10,13H2,1-2H3,(H,24,30). The minimum atomic E-state index is -0.444. The Morgan fingerprint density at radius 1 is 1.29 bits per heavy atom. The quantitative estimate of drug-likeness (QED) is 0.688. The van der Waals surface area contributed by atoms with Crippen LogP contribution in [0.2, 0.25) is 0 Å². The largest absolute Gasteiger partial charge is 0.378 e. The van der Waals surface area contributed by atoms with Crippen molar-refractivity contribution in [2.45, 2.75) is 6.42 Å². The number of ether oxygens (including phenoxy) is 1. The van der Waals surface area contributed by atoms with Gasteiger partial charge in [0.1, 0.15) is 5.69 Å². The summed E-state index contributed by atoms with van der Waals surface area (Å²) in [5, 5.41) is 2.93. The molecule has 0 bridgehead atoms. The predicted octanol–water partition coefficient (Wildman–Crippen LogP) is 2.13. The minimum absolute atomic E-state index is 0.0648. The van der Waals surface area contributed by atoms with E-state index in [4.69, 9.17) is 4.74 Å². The van der Waals surface area contributed by atoms with Crippen LogP contribution in [0.15, 0.2) is 34.9 Å². The summed E-state index contributed by atoms with van der Waals surface area (Å²) >= 11 is 3.43. The number of aromatic nitrogens is 2. The molecule has 2 fully saturated rings. The molecule has 2 aliphatic heterocycles. The molecule has 2 amide bonds. The number of morpholine rings is 1. The smallest absolute Gasteiger partial charge is 0.229 e. The van der Waals surface area contributed by atoms with E-state index < -0.39 is 5.92 Å². The molecule has 1 unspecified atom stereocenters. The number of hydrogen-bond acceptors (Lipinski definition) is 7. The second-order valence-electron chi connectivity index (χ2n) is 7.78. The lowest BCUT2D eigenvalue weighted by atomic mass is 10.1. The second kappa shape index (κ2) is 9.19. The lowest BCUT2D eigenvalue weighted by molar-refractivity contribution is -0.122. The third-order valence-electron chi connectivity index (χ3n) is 5.35. The molecule has 31 heavy (non-hydrogen) atoms. The molecule has 2 saturated heterocycles. The molecule has 2 aliphatic rings. The van der Waals surface area contributed by atoms with Gasteiger partial charge in [-0.3, -0.25) is 9.59 Å². The van der Waals surface area contributed by atoms with Crippen molar-refractivity contribution in [3.05, 3.63) is 34.9 Å². The number of anilines is 4. The Morgan fingerprint density at radius 3 is 2.77 bits per heavy atom. The number of amides is 2. The molecular weight excluding hydrogens is 464 g/mol. The summed E-state index contributed by atoms with van der Waals surface area (Å²) in [7, 11) is 3.74. The Bertz CT molecular complexity index is 979. The Balaban J connectivity index is 1.48. The van der Waals surface area contributed by atoms with Gasteiger partial charge in [0, 0.05) is 50.3 Å². The lowest BCUT2D eigenvalue weighted by Crippen LogP contribution is -2.37. The Labute approximate surface area is 189 Å². The average molecular weight is 489 g/mol. The highest BCUT2D eigenvalue weighted by molar-refractivity contribution is 9.10. The highest BCUT2D eigenvalue weighted by Gasteiger charge is 2.35. The summed E-state index contributed by atoms with van der Waals surface area (Å²) in [5.41, 5.74) is 1.31. The highest BCUT2D eigenvalue weighted by Crippen LogP contribution is 2.29. The van der Waals surface area contributed by atoms with Crippen molar-refractivity contribution in [2.75, 3.05) is 67.0 Å². The van der Waals surface area contributed by atoms with Gasteiger partial charge in [0.25, 0.3) is 0 Å². The first-order valence-corrected chi connectivity index (χ1v) is 11.0. The van der Waals surface area contributed by atoms with Gasteiger partial charge in [0.2, 0.25) is 17.8 Å². The first kappa shape index (κ1) is 21.5. The molecule has 4 rings (SSSR count). The number of nitrogens with zero attached hydrogens (tertiary/aromatic N) is 5. The van der Waals surface area contributed by atoms with Gasteiger partial charge in [-0.2, -0.15) is 4.98 Å². The maximum Gasteiger partial charge on any atom is 0.229 e. The van der Waals surface area contributed by atoms with E-state index in [9.17, 15) is 9.59 Å². The van der Waals surface area contributed by atoms with Crippen LogP contribution in [0.5, 0.6) is 0 Å². The molecule has 164 valence electrons. The molecular formula is C21H25BrN6O3. The van der Waals surface area contributed by atoms with Crippen molar-refractivity contribution in [3.63, 3.8) is 0 Å². The van der Waals surface area contributed by atoms with Crippen molar-refractivity contribution in [1.82, 2.24) is 9.97 Å². The van der Waals surface area contributed by atoms with Crippen molar-refractivity contribution in [2.24, 2.45) is 5.92 Å². The first-order valence-electron chi connectivity index (χ1n) is 10.2. The van der Waals surface area contributed by atoms with Crippen LogP contribution in [0, 0.1) is 5.92 Å². The van der Waals surface area contributed by atoms with Crippen LogP contribution in [0.4, 0.5) is 23.1 Å². The van der Waals surface area contributed by atoms with Crippen LogP contribution in [-0.4, -0.2) is 68.7 Å². The molecule has 1 aromatic heterocycles. The monoisotopic (exact) mass is 488 g/mol. The highest BCUT2D eigenvalue weighted by atomic mass is 79.9. The summed E-state index contributed by atoms with van der Waals surface area (Å²) in [4.78, 5) is 40.2. The third-order valence-corrected chi connectivity index (χ3v) is 5.84. The van der Waals surface area contributed by atoms with Crippen LogP contribution in [0.1, 0.15) is 6.42 Å². The summed E-state index contributed by atoms with van der Waals surface area (Å²) in [6, 6.07) is 7.51. The Morgan fingerprint density at radius 2 is 2.06 bits per heavy atom. The summed E-state index contributed by atoms with van der Waals surface area (Å²) in [6.07, 6.45) is 1.80. The van der Waals surface area contributed by atoms with Gasteiger partial charge >= 0.3 is 0 Å². The molecule has 1 N–H and O–H groups in total. The Hall–Kier alpha value is -2.72. The molecule has 0 saturated carbocycles. The van der Waals surface area contributed by atoms with Gasteiger partial charge in [0.05, 0.1) is 25.3 Å². The van der Waals surface area contributed by atoms with Crippen molar-refractivity contribution in [1.29, 1.82) is 0 Å². The Kier molecular flexibility index (Phi) is 6.38. The third kappa shape index (κ3) is 4.80. The number of nitrogens with one attached hydrogen (secondary N) is 1. The number of carbonyl (C=O) groups is 2. The first-order chi connectivity index (χ1) is 14.9. The summed E-state index contributed by atoms with van der Waals surface area (Å²) in [6.45, 7) is 3.08. The number of benzene rings is 1. The average Bonchev–Trinajstić information content (AvgIpc) is 3.16. The maximum atomic E-state index is 13.0. The van der Waals surface area contributed by atoms with E-state index in [1.165, 1.54) is 0 Å².